The van der Waals surface area contributed by atoms with Crippen molar-refractivity contribution in [3.63, 3.8) is 0 Å². The number of hydrogen-bond acceptors (Lipinski definition) is 1. The number of hydrogen-bond donors (Lipinski definition) is 1. The van der Waals surface area contributed by atoms with Crippen molar-refractivity contribution < 1.29 is 13.9 Å². The van der Waals surface area contributed by atoms with E-state index in [-0.39, 0.29) is 5.56 Å². The molecule has 2 aromatic rings. The predicted octanol–water partition coefficient (Wildman–Crippen LogP) is 2.83. The summed E-state index contributed by atoms with van der Waals surface area (Å²) in [5, 5.41) is 10.5. The SMILES string of the molecule is C#CC(O)(c1ccccc1)c1ccc(F)c(F)c1. The molecule has 0 bridgehead atoms. The van der Waals surface area contributed by atoms with Crippen LogP contribution in [0.4, 0.5) is 8.78 Å². The van der Waals surface area contributed by atoms with Crippen molar-refractivity contribution >= 4 is 0 Å². The molecule has 2 rings (SSSR count). The third kappa shape index (κ3) is 1.99. The Morgan fingerprint density at radius 3 is 2.17 bits per heavy atom. The van der Waals surface area contributed by atoms with E-state index in [4.69, 9.17) is 6.42 Å². The van der Waals surface area contributed by atoms with E-state index in [2.05, 4.69) is 5.92 Å². The van der Waals surface area contributed by atoms with E-state index < -0.39 is 17.2 Å². The first-order chi connectivity index (χ1) is 8.58. The Bertz CT molecular complexity index is 602. The molecule has 1 unspecified atom stereocenters. The molecule has 0 aliphatic heterocycles. The van der Waals surface area contributed by atoms with Gasteiger partial charge in [-0.05, 0) is 12.1 Å². The maximum atomic E-state index is 13.2. The van der Waals surface area contributed by atoms with Crippen LogP contribution in [0.15, 0.2) is 48.5 Å². The second kappa shape index (κ2) is 4.59. The van der Waals surface area contributed by atoms with Crippen molar-refractivity contribution in [3.05, 3.63) is 71.3 Å². The van der Waals surface area contributed by atoms with Gasteiger partial charge in [-0.1, -0.05) is 42.3 Å². The van der Waals surface area contributed by atoms with E-state index in [9.17, 15) is 13.9 Å². The summed E-state index contributed by atoms with van der Waals surface area (Å²) in [6.07, 6.45) is 5.34. The molecule has 0 radical (unpaired) electrons. The van der Waals surface area contributed by atoms with Crippen molar-refractivity contribution in [1.82, 2.24) is 0 Å². The number of benzene rings is 2. The zero-order valence-electron chi connectivity index (χ0n) is 9.40. The Hall–Kier alpha value is -2.18. The Labute approximate surface area is 104 Å². The molecule has 0 aliphatic carbocycles. The second-order valence-corrected chi connectivity index (χ2v) is 3.85. The van der Waals surface area contributed by atoms with Gasteiger partial charge in [0, 0.05) is 11.1 Å². The molecule has 0 heterocycles. The second-order valence-electron chi connectivity index (χ2n) is 3.85. The highest BCUT2D eigenvalue weighted by Crippen LogP contribution is 2.29. The van der Waals surface area contributed by atoms with Gasteiger partial charge < -0.3 is 5.11 Å². The maximum absolute atomic E-state index is 13.2. The zero-order chi connectivity index (χ0) is 13.2. The summed E-state index contributed by atoms with van der Waals surface area (Å²) in [6.45, 7) is 0. The Balaban J connectivity index is 2.58. The molecule has 0 spiro atoms. The van der Waals surface area contributed by atoms with Gasteiger partial charge in [-0.25, -0.2) is 8.78 Å². The maximum Gasteiger partial charge on any atom is 0.176 e. The first kappa shape index (κ1) is 12.3. The molecule has 1 nitrogen and oxygen atoms in total. The van der Waals surface area contributed by atoms with Gasteiger partial charge in [-0.3, -0.25) is 0 Å². The Kier molecular flexibility index (Phi) is 3.14. The minimum absolute atomic E-state index is 0.120. The highest BCUT2D eigenvalue weighted by Gasteiger charge is 2.29. The van der Waals surface area contributed by atoms with Gasteiger partial charge >= 0.3 is 0 Å². The minimum Gasteiger partial charge on any atom is -0.369 e. The lowest BCUT2D eigenvalue weighted by Crippen LogP contribution is -2.25. The topological polar surface area (TPSA) is 20.2 Å². The quantitative estimate of drug-likeness (QED) is 0.805. The standard InChI is InChI=1S/C15H10F2O/c1-2-15(18,11-6-4-3-5-7-11)12-8-9-13(16)14(17)10-12/h1,3-10,18H. The third-order valence-corrected chi connectivity index (χ3v) is 2.74. The summed E-state index contributed by atoms with van der Waals surface area (Å²) in [7, 11) is 0. The van der Waals surface area contributed by atoms with Crippen LogP contribution in [0.2, 0.25) is 0 Å². The molecule has 1 atom stereocenters. The third-order valence-electron chi connectivity index (χ3n) is 2.74. The van der Waals surface area contributed by atoms with E-state index >= 15 is 0 Å². The fourth-order valence-corrected chi connectivity index (χ4v) is 1.73. The van der Waals surface area contributed by atoms with Crippen molar-refractivity contribution in [3.8, 4) is 12.3 Å². The highest BCUT2D eigenvalue weighted by atomic mass is 19.2. The van der Waals surface area contributed by atoms with Crippen LogP contribution in [-0.4, -0.2) is 5.11 Å². The van der Waals surface area contributed by atoms with Gasteiger partial charge in [-0.15, -0.1) is 6.42 Å². The molecule has 0 amide bonds. The van der Waals surface area contributed by atoms with Gasteiger partial charge in [0.15, 0.2) is 17.2 Å². The van der Waals surface area contributed by atoms with Crippen LogP contribution >= 0.6 is 0 Å². The molecule has 90 valence electrons. The molecule has 18 heavy (non-hydrogen) atoms. The lowest BCUT2D eigenvalue weighted by Gasteiger charge is -2.23. The summed E-state index contributed by atoms with van der Waals surface area (Å²) in [5.74, 6) is 0.199. The van der Waals surface area contributed by atoms with E-state index in [1.807, 2.05) is 0 Å². The van der Waals surface area contributed by atoms with Crippen LogP contribution in [0.3, 0.4) is 0 Å². The van der Waals surface area contributed by atoms with Crippen LogP contribution < -0.4 is 0 Å². The monoisotopic (exact) mass is 244 g/mol. The minimum atomic E-state index is -1.77. The molecular formula is C15H10F2O. The van der Waals surface area contributed by atoms with Crippen LogP contribution in [0.5, 0.6) is 0 Å². The first-order valence-electron chi connectivity index (χ1n) is 5.29. The van der Waals surface area contributed by atoms with E-state index in [1.54, 1.807) is 30.3 Å². The lowest BCUT2D eigenvalue weighted by atomic mass is 9.87. The Morgan fingerprint density at radius 2 is 1.61 bits per heavy atom. The fourth-order valence-electron chi connectivity index (χ4n) is 1.73. The number of aliphatic hydroxyl groups is 1. The largest absolute Gasteiger partial charge is 0.369 e. The molecule has 0 saturated carbocycles. The molecule has 2 aromatic carbocycles. The summed E-state index contributed by atoms with van der Waals surface area (Å²) in [4.78, 5) is 0. The molecule has 0 aromatic heterocycles. The summed E-state index contributed by atoms with van der Waals surface area (Å²) < 4.78 is 26.1. The molecule has 0 aliphatic rings. The van der Waals surface area contributed by atoms with E-state index in [0.29, 0.717) is 5.56 Å². The van der Waals surface area contributed by atoms with Crippen LogP contribution in [0.1, 0.15) is 11.1 Å². The Morgan fingerprint density at radius 1 is 0.944 bits per heavy atom. The van der Waals surface area contributed by atoms with Gasteiger partial charge in [0.25, 0.3) is 0 Å². The van der Waals surface area contributed by atoms with Gasteiger partial charge in [-0.2, -0.15) is 0 Å². The van der Waals surface area contributed by atoms with Crippen LogP contribution in [0.25, 0.3) is 0 Å². The molecule has 0 fully saturated rings. The summed E-state index contributed by atoms with van der Waals surface area (Å²) >= 11 is 0. The van der Waals surface area contributed by atoms with Gasteiger partial charge in [0.1, 0.15) is 0 Å². The molecule has 3 heteroatoms. The summed E-state index contributed by atoms with van der Waals surface area (Å²) in [5.41, 5.74) is -1.22. The normalized spacial score (nSPS) is 13.7. The molecule has 0 saturated heterocycles. The average Bonchev–Trinajstić information content (AvgIpc) is 2.42. The van der Waals surface area contributed by atoms with Crippen molar-refractivity contribution in [1.29, 1.82) is 0 Å². The lowest BCUT2D eigenvalue weighted by molar-refractivity contribution is 0.145. The number of rotatable bonds is 2. The smallest absolute Gasteiger partial charge is 0.176 e. The first-order valence-corrected chi connectivity index (χ1v) is 5.29. The van der Waals surface area contributed by atoms with Gasteiger partial charge in [0.05, 0.1) is 0 Å². The van der Waals surface area contributed by atoms with Crippen molar-refractivity contribution in [2.45, 2.75) is 5.60 Å². The highest BCUT2D eigenvalue weighted by molar-refractivity contribution is 5.43. The average molecular weight is 244 g/mol. The summed E-state index contributed by atoms with van der Waals surface area (Å²) in [6, 6.07) is 11.5. The number of halogens is 2. The number of terminal acetylenes is 1. The zero-order valence-corrected chi connectivity index (χ0v) is 9.40. The molecule has 1 N–H and O–H groups in total. The van der Waals surface area contributed by atoms with Gasteiger partial charge in [0.2, 0.25) is 0 Å². The predicted molar refractivity (Wildman–Crippen MR) is 64.6 cm³/mol. The van der Waals surface area contributed by atoms with Crippen LogP contribution in [-0.2, 0) is 5.60 Å². The fraction of sp³-hybridized carbons (Fsp3) is 0.0667. The van der Waals surface area contributed by atoms with Crippen LogP contribution in [0, 0.1) is 24.0 Å². The van der Waals surface area contributed by atoms with Crippen molar-refractivity contribution in [2.24, 2.45) is 0 Å². The van der Waals surface area contributed by atoms with E-state index in [0.717, 1.165) is 12.1 Å². The molecular weight excluding hydrogens is 234 g/mol. The van der Waals surface area contributed by atoms with Crippen molar-refractivity contribution in [2.75, 3.05) is 0 Å². The van der Waals surface area contributed by atoms with E-state index in [1.165, 1.54) is 6.07 Å².